The molecule has 0 bridgehead atoms. The molecule has 2 aromatic rings. The van der Waals surface area contributed by atoms with Crippen molar-refractivity contribution in [3.05, 3.63) is 76.0 Å². The third kappa shape index (κ3) is 3.51. The number of aryl methyl sites for hydroxylation is 3. The molecule has 0 N–H and O–H groups in total. The van der Waals surface area contributed by atoms with Gasteiger partial charge >= 0.3 is 0 Å². The van der Waals surface area contributed by atoms with Crippen LogP contribution in [0, 0.1) is 19.3 Å². The van der Waals surface area contributed by atoms with Gasteiger partial charge < -0.3 is 0 Å². The summed E-state index contributed by atoms with van der Waals surface area (Å²) >= 11 is 0. The monoisotopic (exact) mass is 401 g/mol. The minimum Gasteiger partial charge on any atom is -0.294 e. The topological polar surface area (TPSA) is 37.4 Å². The Morgan fingerprint density at radius 3 is 2.37 bits per heavy atom. The summed E-state index contributed by atoms with van der Waals surface area (Å²) < 4.78 is 0. The molecule has 3 nitrogen and oxygen atoms in total. The van der Waals surface area contributed by atoms with Gasteiger partial charge in [-0.3, -0.25) is 14.5 Å². The third-order valence-corrected chi connectivity index (χ3v) is 6.55. The molecule has 1 atom stereocenters. The molecule has 1 unspecified atom stereocenters. The summed E-state index contributed by atoms with van der Waals surface area (Å²) in [5.41, 5.74) is 7.07. The molecule has 0 spiro atoms. The van der Waals surface area contributed by atoms with E-state index in [1.165, 1.54) is 5.56 Å². The van der Waals surface area contributed by atoms with Crippen molar-refractivity contribution in [3.63, 3.8) is 0 Å². The first-order valence-electron chi connectivity index (χ1n) is 11.0. The van der Waals surface area contributed by atoms with Crippen molar-refractivity contribution in [3.8, 4) is 0 Å². The van der Waals surface area contributed by atoms with Crippen molar-refractivity contribution < 1.29 is 9.59 Å². The predicted octanol–water partition coefficient (Wildman–Crippen LogP) is 6.03. The quantitative estimate of drug-likeness (QED) is 0.630. The molecule has 3 heteroatoms. The highest BCUT2D eigenvalue weighted by atomic mass is 16.2. The van der Waals surface area contributed by atoms with Gasteiger partial charge in [0.2, 0.25) is 5.91 Å². The molecule has 1 amide bonds. The Bertz CT molecular complexity index is 1040. The number of allylic oxidation sites excluding steroid dienone is 2. The third-order valence-electron chi connectivity index (χ3n) is 6.55. The molecule has 0 radical (unpaired) electrons. The molecular weight excluding hydrogens is 370 g/mol. The van der Waals surface area contributed by atoms with Gasteiger partial charge in [0.15, 0.2) is 5.78 Å². The number of carbonyl (C=O) groups is 2. The van der Waals surface area contributed by atoms with E-state index in [1.807, 2.05) is 11.0 Å². The van der Waals surface area contributed by atoms with Crippen LogP contribution in [0.2, 0.25) is 0 Å². The van der Waals surface area contributed by atoms with Crippen LogP contribution in [0.5, 0.6) is 0 Å². The first kappa shape index (κ1) is 20.6. The van der Waals surface area contributed by atoms with Crippen LogP contribution in [0.4, 0.5) is 5.69 Å². The van der Waals surface area contributed by atoms with Gasteiger partial charge in [0, 0.05) is 30.0 Å². The molecule has 1 aliphatic heterocycles. The molecule has 2 aliphatic rings. The van der Waals surface area contributed by atoms with Gasteiger partial charge in [-0.25, -0.2) is 0 Å². The fourth-order valence-electron chi connectivity index (χ4n) is 5.08. The average molecular weight is 402 g/mol. The maximum absolute atomic E-state index is 13.6. The fraction of sp³-hybridized carbons (Fsp3) is 0.407. The summed E-state index contributed by atoms with van der Waals surface area (Å²) in [7, 11) is 0. The van der Waals surface area contributed by atoms with E-state index < -0.39 is 0 Å². The smallest absolute Gasteiger partial charge is 0.232 e. The average Bonchev–Trinajstić information content (AvgIpc) is 2.67. The Labute approximate surface area is 179 Å². The van der Waals surface area contributed by atoms with E-state index in [2.05, 4.69) is 71.0 Å². The van der Waals surface area contributed by atoms with E-state index in [-0.39, 0.29) is 23.0 Å². The lowest BCUT2D eigenvalue weighted by Crippen LogP contribution is -2.44. The number of nitrogens with zero attached hydrogens (tertiary/aromatic N) is 1. The molecule has 0 fully saturated rings. The zero-order valence-electron chi connectivity index (χ0n) is 18.7. The van der Waals surface area contributed by atoms with E-state index in [1.54, 1.807) is 0 Å². The molecular formula is C27H31NO2. The number of rotatable bonds is 3. The lowest BCUT2D eigenvalue weighted by Gasteiger charge is -2.43. The zero-order chi connectivity index (χ0) is 21.6. The van der Waals surface area contributed by atoms with Crippen molar-refractivity contribution in [1.82, 2.24) is 0 Å². The summed E-state index contributed by atoms with van der Waals surface area (Å²) in [5.74, 6) is 0.131. The van der Waals surface area contributed by atoms with Crippen LogP contribution in [0.15, 0.2) is 53.7 Å². The maximum atomic E-state index is 13.6. The number of Topliss-reactive ketones (excluding diaryl/α,β-unsaturated/α-hetero) is 1. The number of amides is 1. The van der Waals surface area contributed by atoms with Crippen LogP contribution in [0.25, 0.3) is 0 Å². The van der Waals surface area contributed by atoms with E-state index in [4.69, 9.17) is 0 Å². The molecule has 0 saturated carbocycles. The summed E-state index contributed by atoms with van der Waals surface area (Å²) in [4.78, 5) is 28.9. The van der Waals surface area contributed by atoms with Crippen molar-refractivity contribution in [2.24, 2.45) is 5.41 Å². The summed E-state index contributed by atoms with van der Waals surface area (Å²) in [6, 6.07) is 14.5. The molecule has 2 aromatic carbocycles. The summed E-state index contributed by atoms with van der Waals surface area (Å²) in [6.07, 6.45) is 2.46. The second kappa shape index (κ2) is 7.54. The fourth-order valence-corrected chi connectivity index (χ4v) is 5.08. The van der Waals surface area contributed by atoms with Crippen LogP contribution in [0.1, 0.15) is 68.2 Å². The van der Waals surface area contributed by atoms with Gasteiger partial charge in [-0.05, 0) is 48.8 Å². The Hall–Kier alpha value is -2.68. The number of hydrogen-bond donors (Lipinski definition) is 0. The van der Waals surface area contributed by atoms with Gasteiger partial charge in [0.05, 0.1) is 5.69 Å². The second-order valence-electron chi connectivity index (χ2n) is 9.63. The van der Waals surface area contributed by atoms with Gasteiger partial charge in [-0.15, -0.1) is 0 Å². The normalized spacial score (nSPS) is 21.1. The highest BCUT2D eigenvalue weighted by molar-refractivity contribution is 6.08. The number of anilines is 1. The van der Waals surface area contributed by atoms with E-state index >= 15 is 0 Å². The van der Waals surface area contributed by atoms with Crippen molar-refractivity contribution in [1.29, 1.82) is 0 Å². The van der Waals surface area contributed by atoms with Crippen LogP contribution in [-0.4, -0.2) is 11.7 Å². The zero-order valence-corrected chi connectivity index (χ0v) is 18.7. The van der Waals surface area contributed by atoms with Gasteiger partial charge in [0.1, 0.15) is 0 Å². The Kier molecular flexibility index (Phi) is 5.17. The molecule has 0 aromatic heterocycles. The number of benzene rings is 2. The minimum atomic E-state index is -0.154. The predicted molar refractivity (Wildman–Crippen MR) is 122 cm³/mol. The molecule has 156 valence electrons. The van der Waals surface area contributed by atoms with E-state index in [9.17, 15) is 9.59 Å². The Balaban J connectivity index is 1.94. The van der Waals surface area contributed by atoms with Crippen LogP contribution >= 0.6 is 0 Å². The molecule has 1 heterocycles. The van der Waals surface area contributed by atoms with Crippen molar-refractivity contribution >= 4 is 17.4 Å². The number of para-hydroxylation sites is 1. The van der Waals surface area contributed by atoms with Gasteiger partial charge in [-0.2, -0.15) is 0 Å². The maximum Gasteiger partial charge on any atom is 0.232 e. The van der Waals surface area contributed by atoms with Crippen LogP contribution < -0.4 is 4.90 Å². The van der Waals surface area contributed by atoms with E-state index in [0.29, 0.717) is 12.8 Å². The first-order valence-corrected chi connectivity index (χ1v) is 11.0. The van der Waals surface area contributed by atoms with Gasteiger partial charge in [0.25, 0.3) is 0 Å². The number of ketones is 1. The molecule has 30 heavy (non-hydrogen) atoms. The van der Waals surface area contributed by atoms with Crippen molar-refractivity contribution in [2.45, 2.75) is 66.2 Å². The number of carbonyl (C=O) groups excluding carboxylic acids is 2. The van der Waals surface area contributed by atoms with E-state index in [0.717, 1.165) is 46.5 Å². The minimum absolute atomic E-state index is 0.0915. The number of hydrogen-bond acceptors (Lipinski definition) is 2. The Morgan fingerprint density at radius 2 is 1.70 bits per heavy atom. The Morgan fingerprint density at radius 1 is 1.00 bits per heavy atom. The second-order valence-corrected chi connectivity index (χ2v) is 9.63. The SMILES string of the molecule is CCc1cccc(C)c1N1C(=O)CC(c2ccc(C)cc2)C2=C1CC(C)(C)CC2=O. The lowest BCUT2D eigenvalue weighted by atomic mass is 9.69. The standard InChI is InChI=1S/C27H31NO2/c1-6-19-9-7-8-18(3)26(19)28-22-15-27(4,5)16-23(29)25(22)21(14-24(28)30)20-12-10-17(2)11-13-20/h7-13,21H,6,14-16H2,1-5H3. The first-order chi connectivity index (χ1) is 14.2. The highest BCUT2D eigenvalue weighted by Crippen LogP contribution is 2.49. The van der Waals surface area contributed by atoms with Crippen LogP contribution in [0.3, 0.4) is 0 Å². The molecule has 1 aliphatic carbocycles. The highest BCUT2D eigenvalue weighted by Gasteiger charge is 2.44. The molecule has 0 saturated heterocycles. The van der Waals surface area contributed by atoms with Crippen LogP contribution in [-0.2, 0) is 16.0 Å². The van der Waals surface area contributed by atoms with Crippen molar-refractivity contribution in [2.75, 3.05) is 4.90 Å². The summed E-state index contributed by atoms with van der Waals surface area (Å²) in [6.45, 7) is 10.5. The molecule has 4 rings (SSSR count). The summed E-state index contributed by atoms with van der Waals surface area (Å²) in [5, 5.41) is 0. The largest absolute Gasteiger partial charge is 0.294 e. The lowest BCUT2D eigenvalue weighted by molar-refractivity contribution is -0.121. The van der Waals surface area contributed by atoms with Gasteiger partial charge in [-0.1, -0.05) is 68.8 Å².